The molecule has 7 heteroatoms. The van der Waals surface area contributed by atoms with E-state index in [4.69, 9.17) is 9.15 Å². The molecule has 0 unspecified atom stereocenters. The van der Waals surface area contributed by atoms with E-state index in [1.54, 1.807) is 25.2 Å². The van der Waals surface area contributed by atoms with E-state index in [1.807, 2.05) is 0 Å². The first kappa shape index (κ1) is 14.8. The van der Waals surface area contributed by atoms with Gasteiger partial charge in [-0.25, -0.2) is 4.79 Å². The lowest BCUT2D eigenvalue weighted by molar-refractivity contribution is 0.0383. The molecule has 0 atom stereocenters. The first-order valence-corrected chi connectivity index (χ1v) is 7.33. The molecule has 1 aromatic heterocycles. The number of benzene rings is 1. The van der Waals surface area contributed by atoms with Crippen LogP contribution in [0.1, 0.15) is 10.4 Å². The predicted molar refractivity (Wildman–Crippen MR) is 81.0 cm³/mol. The van der Waals surface area contributed by atoms with E-state index in [0.717, 1.165) is 32.8 Å². The number of hydrogen-bond acceptors (Lipinski definition) is 5. The number of morpholine rings is 1. The molecular formula is C15H19N3O4. The van der Waals surface area contributed by atoms with Crippen molar-refractivity contribution in [2.24, 2.45) is 7.05 Å². The molecule has 1 amide bonds. The number of aromatic nitrogens is 1. The Morgan fingerprint density at radius 1 is 1.32 bits per heavy atom. The standard InChI is InChI=1S/C15H19N3O4/c1-17-12-10-11(2-3-13(12)22-15(17)20)14(19)16-4-5-18-6-8-21-9-7-18/h2-3,10H,4-9H2,1H3,(H,16,19). The van der Waals surface area contributed by atoms with Gasteiger partial charge >= 0.3 is 5.76 Å². The van der Waals surface area contributed by atoms with Crippen molar-refractivity contribution in [3.8, 4) is 0 Å². The number of oxazole rings is 1. The third-order valence-corrected chi connectivity index (χ3v) is 3.87. The van der Waals surface area contributed by atoms with Crippen molar-refractivity contribution in [3.05, 3.63) is 34.3 Å². The van der Waals surface area contributed by atoms with Crippen molar-refractivity contribution >= 4 is 17.0 Å². The summed E-state index contributed by atoms with van der Waals surface area (Å²) in [6.07, 6.45) is 0. The van der Waals surface area contributed by atoms with Crippen LogP contribution in [0.2, 0.25) is 0 Å². The average Bonchev–Trinajstić information content (AvgIpc) is 2.83. The second-order valence-electron chi connectivity index (χ2n) is 5.32. The highest BCUT2D eigenvalue weighted by Crippen LogP contribution is 2.14. The van der Waals surface area contributed by atoms with Crippen LogP contribution in [-0.2, 0) is 11.8 Å². The molecule has 1 aliphatic heterocycles. The first-order chi connectivity index (χ1) is 10.6. The molecule has 118 valence electrons. The van der Waals surface area contributed by atoms with E-state index < -0.39 is 5.76 Å². The number of rotatable bonds is 4. The quantitative estimate of drug-likeness (QED) is 0.873. The summed E-state index contributed by atoms with van der Waals surface area (Å²) in [7, 11) is 1.62. The Labute approximate surface area is 127 Å². The van der Waals surface area contributed by atoms with E-state index >= 15 is 0 Å². The van der Waals surface area contributed by atoms with Crippen molar-refractivity contribution in [3.63, 3.8) is 0 Å². The third-order valence-electron chi connectivity index (χ3n) is 3.87. The minimum Gasteiger partial charge on any atom is -0.408 e. The number of amides is 1. The van der Waals surface area contributed by atoms with Gasteiger partial charge in [-0.3, -0.25) is 14.3 Å². The summed E-state index contributed by atoms with van der Waals surface area (Å²) in [6.45, 7) is 4.69. The second-order valence-corrected chi connectivity index (χ2v) is 5.32. The van der Waals surface area contributed by atoms with Crippen LogP contribution in [-0.4, -0.2) is 54.8 Å². The fourth-order valence-corrected chi connectivity index (χ4v) is 2.52. The Morgan fingerprint density at radius 2 is 2.09 bits per heavy atom. The molecule has 0 radical (unpaired) electrons. The van der Waals surface area contributed by atoms with Gasteiger partial charge in [-0.1, -0.05) is 0 Å². The van der Waals surface area contributed by atoms with Gasteiger partial charge in [0.25, 0.3) is 5.91 Å². The molecule has 7 nitrogen and oxygen atoms in total. The molecule has 1 N–H and O–H groups in total. The van der Waals surface area contributed by atoms with Gasteiger partial charge in [0.2, 0.25) is 0 Å². The molecular weight excluding hydrogens is 286 g/mol. The van der Waals surface area contributed by atoms with E-state index in [0.29, 0.717) is 23.2 Å². The van der Waals surface area contributed by atoms with Crippen LogP contribution in [0.3, 0.4) is 0 Å². The second kappa shape index (κ2) is 6.33. The molecule has 0 aliphatic carbocycles. The SMILES string of the molecule is Cn1c(=O)oc2ccc(C(=O)NCCN3CCOCC3)cc21. The summed E-state index contributed by atoms with van der Waals surface area (Å²) in [4.78, 5) is 25.9. The molecule has 1 aliphatic rings. The summed E-state index contributed by atoms with van der Waals surface area (Å²) < 4.78 is 11.7. The Kier molecular flexibility index (Phi) is 4.26. The summed E-state index contributed by atoms with van der Waals surface area (Å²) in [5, 5.41) is 2.90. The summed E-state index contributed by atoms with van der Waals surface area (Å²) in [5.74, 6) is -0.580. The van der Waals surface area contributed by atoms with Gasteiger partial charge in [0, 0.05) is 38.8 Å². The number of carbonyl (C=O) groups excluding carboxylic acids is 1. The summed E-state index contributed by atoms with van der Waals surface area (Å²) in [6, 6.07) is 4.98. The molecule has 0 spiro atoms. The van der Waals surface area contributed by atoms with E-state index in [9.17, 15) is 9.59 Å². The maximum Gasteiger partial charge on any atom is 0.419 e. The van der Waals surface area contributed by atoms with Gasteiger partial charge in [0.05, 0.1) is 18.7 Å². The van der Waals surface area contributed by atoms with Crippen molar-refractivity contribution < 1.29 is 13.9 Å². The Balaban J connectivity index is 1.62. The number of carbonyl (C=O) groups is 1. The van der Waals surface area contributed by atoms with Crippen LogP contribution >= 0.6 is 0 Å². The van der Waals surface area contributed by atoms with Gasteiger partial charge < -0.3 is 14.5 Å². The van der Waals surface area contributed by atoms with Crippen LogP contribution in [0, 0.1) is 0 Å². The molecule has 0 bridgehead atoms. The minimum absolute atomic E-state index is 0.149. The number of hydrogen-bond donors (Lipinski definition) is 1. The zero-order valence-corrected chi connectivity index (χ0v) is 12.5. The zero-order chi connectivity index (χ0) is 15.5. The first-order valence-electron chi connectivity index (χ1n) is 7.33. The lowest BCUT2D eigenvalue weighted by Gasteiger charge is -2.26. The molecule has 1 saturated heterocycles. The summed E-state index contributed by atoms with van der Waals surface area (Å²) >= 11 is 0. The molecule has 2 heterocycles. The fraction of sp³-hybridized carbons (Fsp3) is 0.467. The lowest BCUT2D eigenvalue weighted by Crippen LogP contribution is -2.41. The van der Waals surface area contributed by atoms with Gasteiger partial charge in [-0.05, 0) is 18.2 Å². The van der Waals surface area contributed by atoms with E-state index in [2.05, 4.69) is 10.2 Å². The Morgan fingerprint density at radius 3 is 2.86 bits per heavy atom. The van der Waals surface area contributed by atoms with Crippen LogP contribution in [0.5, 0.6) is 0 Å². The lowest BCUT2D eigenvalue weighted by atomic mass is 10.2. The largest absolute Gasteiger partial charge is 0.419 e. The maximum atomic E-state index is 12.2. The number of nitrogens with zero attached hydrogens (tertiary/aromatic N) is 2. The van der Waals surface area contributed by atoms with Crippen LogP contribution in [0.15, 0.2) is 27.4 Å². The highest BCUT2D eigenvalue weighted by Gasteiger charge is 2.13. The normalized spacial score (nSPS) is 16.0. The molecule has 22 heavy (non-hydrogen) atoms. The van der Waals surface area contributed by atoms with Gasteiger partial charge in [0.15, 0.2) is 5.58 Å². The molecule has 1 aromatic carbocycles. The van der Waals surface area contributed by atoms with Crippen molar-refractivity contribution in [2.45, 2.75) is 0 Å². The van der Waals surface area contributed by atoms with Gasteiger partial charge in [0.1, 0.15) is 0 Å². The van der Waals surface area contributed by atoms with Gasteiger partial charge in [-0.2, -0.15) is 0 Å². The fourth-order valence-electron chi connectivity index (χ4n) is 2.52. The van der Waals surface area contributed by atoms with Crippen LogP contribution < -0.4 is 11.1 Å². The molecule has 3 rings (SSSR count). The highest BCUT2D eigenvalue weighted by atomic mass is 16.5. The number of fused-ring (bicyclic) bond motifs is 1. The van der Waals surface area contributed by atoms with Crippen molar-refractivity contribution in [1.82, 2.24) is 14.8 Å². The summed E-state index contributed by atoms with van der Waals surface area (Å²) in [5.41, 5.74) is 1.62. The van der Waals surface area contributed by atoms with E-state index in [-0.39, 0.29) is 5.91 Å². The minimum atomic E-state index is -0.431. The van der Waals surface area contributed by atoms with Crippen molar-refractivity contribution in [2.75, 3.05) is 39.4 Å². The topological polar surface area (TPSA) is 76.7 Å². The Hall–Kier alpha value is -2.12. The predicted octanol–water partition coefficient (Wildman–Crippen LogP) is 0.194. The number of ether oxygens (including phenoxy) is 1. The number of aryl methyl sites for hydroxylation is 1. The third kappa shape index (κ3) is 3.05. The van der Waals surface area contributed by atoms with Crippen LogP contribution in [0.25, 0.3) is 11.1 Å². The maximum absolute atomic E-state index is 12.2. The molecule has 1 fully saturated rings. The smallest absolute Gasteiger partial charge is 0.408 e. The zero-order valence-electron chi connectivity index (χ0n) is 12.5. The Bertz CT molecular complexity index is 728. The van der Waals surface area contributed by atoms with Crippen molar-refractivity contribution in [1.29, 1.82) is 0 Å². The van der Waals surface area contributed by atoms with Crippen LogP contribution in [0.4, 0.5) is 0 Å². The average molecular weight is 305 g/mol. The molecule has 0 saturated carbocycles. The number of nitrogens with one attached hydrogen (secondary N) is 1. The molecule has 2 aromatic rings. The monoisotopic (exact) mass is 305 g/mol. The highest BCUT2D eigenvalue weighted by molar-refractivity contribution is 5.97. The van der Waals surface area contributed by atoms with E-state index in [1.165, 1.54) is 4.57 Å². The van der Waals surface area contributed by atoms with Gasteiger partial charge in [-0.15, -0.1) is 0 Å².